The lowest BCUT2D eigenvalue weighted by molar-refractivity contribution is -0.385. The first-order chi connectivity index (χ1) is 9.95. The molecule has 1 unspecified atom stereocenters. The Labute approximate surface area is 120 Å². The highest BCUT2D eigenvalue weighted by atomic mass is 19.1. The molecule has 1 atom stereocenters. The molecule has 0 saturated carbocycles. The summed E-state index contributed by atoms with van der Waals surface area (Å²) in [6, 6.07) is 3.33. The number of carboxylic acids is 1. The van der Waals surface area contributed by atoms with Crippen molar-refractivity contribution in [2.45, 2.75) is 19.1 Å². The number of morpholine rings is 1. The second-order valence-electron chi connectivity index (χ2n) is 4.86. The Balaban J connectivity index is 2.08. The molecular formula is C13H15FN2O5. The molecular weight excluding hydrogens is 283 g/mol. The van der Waals surface area contributed by atoms with E-state index in [2.05, 4.69) is 0 Å². The summed E-state index contributed by atoms with van der Waals surface area (Å²) in [5.74, 6) is -1.50. The smallest absolute Gasteiger partial charge is 0.306 e. The molecule has 114 valence electrons. The van der Waals surface area contributed by atoms with Gasteiger partial charge in [-0.25, -0.2) is 4.39 Å². The molecule has 1 saturated heterocycles. The average Bonchev–Trinajstić information content (AvgIpc) is 2.38. The number of rotatable bonds is 5. The van der Waals surface area contributed by atoms with Gasteiger partial charge in [0.1, 0.15) is 5.82 Å². The summed E-state index contributed by atoms with van der Waals surface area (Å²) in [6.07, 6.45) is -0.578. The normalized spacial score (nSPS) is 19.4. The quantitative estimate of drug-likeness (QED) is 0.652. The summed E-state index contributed by atoms with van der Waals surface area (Å²) < 4.78 is 18.6. The number of ether oxygens (including phenoxy) is 1. The van der Waals surface area contributed by atoms with E-state index in [-0.39, 0.29) is 24.2 Å². The van der Waals surface area contributed by atoms with Crippen molar-refractivity contribution in [2.24, 2.45) is 0 Å². The predicted molar refractivity (Wildman–Crippen MR) is 70.3 cm³/mol. The van der Waals surface area contributed by atoms with Gasteiger partial charge in [0.15, 0.2) is 0 Å². The molecule has 1 fully saturated rings. The Bertz CT molecular complexity index is 551. The van der Waals surface area contributed by atoms with E-state index in [1.807, 2.05) is 4.90 Å². The highest BCUT2D eigenvalue weighted by Gasteiger charge is 2.25. The zero-order valence-electron chi connectivity index (χ0n) is 11.2. The maximum atomic E-state index is 13.3. The molecule has 0 radical (unpaired) electrons. The number of hydrogen-bond donors (Lipinski definition) is 1. The van der Waals surface area contributed by atoms with Crippen LogP contribution in [0.15, 0.2) is 18.2 Å². The highest BCUT2D eigenvalue weighted by molar-refractivity contribution is 5.67. The minimum Gasteiger partial charge on any atom is -0.481 e. The van der Waals surface area contributed by atoms with Gasteiger partial charge in [-0.15, -0.1) is 0 Å². The van der Waals surface area contributed by atoms with Gasteiger partial charge in [0.25, 0.3) is 5.69 Å². The summed E-state index contributed by atoms with van der Waals surface area (Å²) in [6.45, 7) is 1.40. The van der Waals surface area contributed by atoms with Gasteiger partial charge >= 0.3 is 5.97 Å². The zero-order chi connectivity index (χ0) is 15.4. The maximum absolute atomic E-state index is 13.3. The van der Waals surface area contributed by atoms with Gasteiger partial charge in [-0.3, -0.25) is 19.8 Å². The molecule has 7 nitrogen and oxygen atoms in total. The summed E-state index contributed by atoms with van der Waals surface area (Å²) in [7, 11) is 0. The van der Waals surface area contributed by atoms with E-state index in [4.69, 9.17) is 9.84 Å². The summed E-state index contributed by atoms with van der Waals surface area (Å²) >= 11 is 0. The van der Waals surface area contributed by atoms with Crippen LogP contribution in [0, 0.1) is 15.9 Å². The third kappa shape index (κ3) is 4.20. The van der Waals surface area contributed by atoms with Gasteiger partial charge in [0.2, 0.25) is 0 Å². The fourth-order valence-electron chi connectivity index (χ4n) is 2.34. The van der Waals surface area contributed by atoms with Crippen LogP contribution in [0.4, 0.5) is 10.1 Å². The zero-order valence-corrected chi connectivity index (χ0v) is 11.2. The van der Waals surface area contributed by atoms with Crippen molar-refractivity contribution < 1.29 is 24.0 Å². The number of carbonyl (C=O) groups is 1. The predicted octanol–water partition coefficient (Wildman–Crippen LogP) is 1.41. The van der Waals surface area contributed by atoms with Crippen molar-refractivity contribution in [1.29, 1.82) is 0 Å². The molecule has 2 rings (SSSR count). The van der Waals surface area contributed by atoms with Crippen molar-refractivity contribution in [2.75, 3.05) is 19.7 Å². The number of nitrogens with zero attached hydrogens (tertiary/aromatic N) is 2. The molecule has 0 spiro atoms. The van der Waals surface area contributed by atoms with E-state index >= 15 is 0 Å². The Hall–Kier alpha value is -2.06. The van der Waals surface area contributed by atoms with E-state index in [1.54, 1.807) is 0 Å². The lowest BCUT2D eigenvalue weighted by Crippen LogP contribution is -2.42. The van der Waals surface area contributed by atoms with E-state index in [9.17, 15) is 19.3 Å². The minimum atomic E-state index is -0.960. The summed E-state index contributed by atoms with van der Waals surface area (Å²) in [5, 5.41) is 19.7. The van der Waals surface area contributed by atoms with Crippen molar-refractivity contribution in [3.05, 3.63) is 39.7 Å². The molecule has 1 aliphatic rings. The van der Waals surface area contributed by atoms with Gasteiger partial charge < -0.3 is 9.84 Å². The first kappa shape index (κ1) is 15.3. The number of benzene rings is 1. The Kier molecular flexibility index (Phi) is 4.81. The molecule has 0 aromatic heterocycles. The van der Waals surface area contributed by atoms with Crippen LogP contribution in [0.2, 0.25) is 0 Å². The van der Waals surface area contributed by atoms with E-state index < -0.39 is 22.8 Å². The van der Waals surface area contributed by atoms with E-state index in [1.165, 1.54) is 0 Å². The number of carboxylic acid groups (broad SMARTS) is 1. The van der Waals surface area contributed by atoms with Crippen molar-refractivity contribution in [3.63, 3.8) is 0 Å². The molecule has 1 N–H and O–H groups in total. The number of hydrogen-bond acceptors (Lipinski definition) is 5. The molecule has 1 aliphatic heterocycles. The SMILES string of the molecule is O=C(O)CC1CN(Cc2cc(F)ccc2[N+](=O)[O-])CCO1. The Morgan fingerprint density at radius 3 is 3.00 bits per heavy atom. The van der Waals surface area contributed by atoms with Gasteiger partial charge in [-0.2, -0.15) is 0 Å². The highest BCUT2D eigenvalue weighted by Crippen LogP contribution is 2.22. The number of nitro benzene ring substituents is 1. The Morgan fingerprint density at radius 1 is 1.57 bits per heavy atom. The minimum absolute atomic E-state index is 0.123. The van der Waals surface area contributed by atoms with Crippen LogP contribution in [0.25, 0.3) is 0 Å². The second kappa shape index (κ2) is 6.59. The van der Waals surface area contributed by atoms with Crippen LogP contribution in [0.1, 0.15) is 12.0 Å². The first-order valence-corrected chi connectivity index (χ1v) is 6.44. The third-order valence-corrected chi connectivity index (χ3v) is 3.26. The molecule has 21 heavy (non-hydrogen) atoms. The molecule has 0 aliphatic carbocycles. The van der Waals surface area contributed by atoms with Crippen LogP contribution in [0.5, 0.6) is 0 Å². The second-order valence-corrected chi connectivity index (χ2v) is 4.86. The van der Waals surface area contributed by atoms with Crippen LogP contribution in [-0.2, 0) is 16.1 Å². The first-order valence-electron chi connectivity index (χ1n) is 6.44. The fourth-order valence-corrected chi connectivity index (χ4v) is 2.34. The summed E-state index contributed by atoms with van der Waals surface area (Å²) in [5.41, 5.74) is 0.133. The van der Waals surface area contributed by atoms with Crippen molar-refractivity contribution in [1.82, 2.24) is 4.90 Å². The van der Waals surface area contributed by atoms with Gasteiger partial charge in [-0.1, -0.05) is 0 Å². The number of halogens is 1. The lowest BCUT2D eigenvalue weighted by atomic mass is 10.1. The molecule has 0 bridgehead atoms. The van der Waals surface area contributed by atoms with Gasteiger partial charge in [0.05, 0.1) is 24.1 Å². The number of nitro groups is 1. The van der Waals surface area contributed by atoms with Crippen LogP contribution in [-0.4, -0.2) is 46.7 Å². The largest absolute Gasteiger partial charge is 0.481 e. The third-order valence-electron chi connectivity index (χ3n) is 3.26. The van der Waals surface area contributed by atoms with Crippen molar-refractivity contribution in [3.8, 4) is 0 Å². The standard InChI is InChI=1S/C13H15FN2O5/c14-10-1-2-12(16(19)20)9(5-10)7-15-3-4-21-11(8-15)6-13(17)18/h1-2,5,11H,3-4,6-8H2,(H,17,18). The average molecular weight is 298 g/mol. The molecule has 0 amide bonds. The topological polar surface area (TPSA) is 92.9 Å². The van der Waals surface area contributed by atoms with Crippen molar-refractivity contribution >= 4 is 11.7 Å². The van der Waals surface area contributed by atoms with Crippen LogP contribution < -0.4 is 0 Å². The lowest BCUT2D eigenvalue weighted by Gasteiger charge is -2.32. The molecule has 1 heterocycles. The monoisotopic (exact) mass is 298 g/mol. The van der Waals surface area contributed by atoms with E-state index in [0.29, 0.717) is 19.7 Å². The van der Waals surface area contributed by atoms with Gasteiger partial charge in [-0.05, 0) is 12.1 Å². The van der Waals surface area contributed by atoms with E-state index in [0.717, 1.165) is 18.2 Å². The van der Waals surface area contributed by atoms with Gasteiger partial charge in [0, 0.05) is 31.3 Å². The Morgan fingerprint density at radius 2 is 2.33 bits per heavy atom. The summed E-state index contributed by atoms with van der Waals surface area (Å²) in [4.78, 5) is 22.9. The maximum Gasteiger partial charge on any atom is 0.306 e. The number of aliphatic carboxylic acids is 1. The molecule has 8 heteroatoms. The van der Waals surface area contributed by atoms with Crippen LogP contribution in [0.3, 0.4) is 0 Å². The fraction of sp³-hybridized carbons (Fsp3) is 0.462. The molecule has 1 aromatic carbocycles. The molecule has 1 aromatic rings. The van der Waals surface area contributed by atoms with Crippen LogP contribution >= 0.6 is 0 Å².